The topological polar surface area (TPSA) is 41.6 Å². The zero-order chi connectivity index (χ0) is 17.5. The Morgan fingerprint density at radius 2 is 1.83 bits per heavy atom. The maximum Gasteiger partial charge on any atom is 0.223 e. The molecular weight excluding hydrogens is 300 g/mol. The van der Waals surface area contributed by atoms with Crippen LogP contribution in [0.4, 0.5) is 0 Å². The number of likely N-dealkylation sites (tertiary alicyclic amines) is 1. The van der Waals surface area contributed by atoms with Crippen molar-refractivity contribution in [1.29, 1.82) is 0 Å². The van der Waals surface area contributed by atoms with Gasteiger partial charge in [-0.3, -0.25) is 4.79 Å². The Hall–Kier alpha value is -1.39. The van der Waals surface area contributed by atoms with E-state index in [1.54, 1.807) is 7.11 Å². The van der Waals surface area contributed by atoms with Gasteiger partial charge in [0.05, 0.1) is 6.10 Å². The molecular formula is C20H32N2O2. The molecule has 0 spiro atoms. The second-order valence-electron chi connectivity index (χ2n) is 7.25. The molecule has 1 aromatic rings. The second kappa shape index (κ2) is 9.19. The number of benzene rings is 1. The van der Waals surface area contributed by atoms with Crippen LogP contribution >= 0.6 is 0 Å². The molecule has 1 amide bonds. The zero-order valence-electron chi connectivity index (χ0n) is 15.5. The highest BCUT2D eigenvalue weighted by Crippen LogP contribution is 2.23. The van der Waals surface area contributed by atoms with Gasteiger partial charge in [-0.05, 0) is 44.3 Å². The van der Waals surface area contributed by atoms with Gasteiger partial charge in [-0.1, -0.05) is 44.2 Å². The number of carbonyl (C=O) groups is 1. The van der Waals surface area contributed by atoms with Gasteiger partial charge >= 0.3 is 0 Å². The summed E-state index contributed by atoms with van der Waals surface area (Å²) in [7, 11) is 1.77. The molecule has 1 aliphatic heterocycles. The van der Waals surface area contributed by atoms with Gasteiger partial charge in [0.15, 0.2) is 0 Å². The van der Waals surface area contributed by atoms with Crippen molar-refractivity contribution in [2.75, 3.05) is 26.7 Å². The smallest absolute Gasteiger partial charge is 0.223 e. The van der Waals surface area contributed by atoms with Crippen molar-refractivity contribution in [3.63, 3.8) is 0 Å². The number of hydrogen-bond acceptors (Lipinski definition) is 3. The molecule has 1 heterocycles. The molecule has 1 N–H and O–H groups in total. The van der Waals surface area contributed by atoms with Gasteiger partial charge in [-0.2, -0.15) is 0 Å². The van der Waals surface area contributed by atoms with Crippen molar-refractivity contribution in [1.82, 2.24) is 10.2 Å². The van der Waals surface area contributed by atoms with Crippen molar-refractivity contribution in [2.24, 2.45) is 11.8 Å². The van der Waals surface area contributed by atoms with E-state index in [0.29, 0.717) is 5.92 Å². The van der Waals surface area contributed by atoms with Gasteiger partial charge in [0, 0.05) is 25.6 Å². The maximum absolute atomic E-state index is 12.4. The lowest BCUT2D eigenvalue weighted by Crippen LogP contribution is -2.45. The number of amides is 1. The summed E-state index contributed by atoms with van der Waals surface area (Å²) in [6, 6.07) is 10.6. The molecule has 4 heteroatoms. The zero-order valence-corrected chi connectivity index (χ0v) is 15.5. The number of methoxy groups -OCH3 is 1. The van der Waals surface area contributed by atoms with Crippen LogP contribution in [-0.4, -0.2) is 43.6 Å². The summed E-state index contributed by atoms with van der Waals surface area (Å²) in [6.07, 6.45) is 1.96. The highest BCUT2D eigenvalue weighted by Gasteiger charge is 2.27. The summed E-state index contributed by atoms with van der Waals surface area (Å²) in [5, 5.41) is 3.16. The molecule has 2 atom stereocenters. The normalized spacial score (nSPS) is 19.2. The molecule has 134 valence electrons. The van der Waals surface area contributed by atoms with Gasteiger partial charge in [-0.15, -0.1) is 0 Å². The van der Waals surface area contributed by atoms with Crippen LogP contribution < -0.4 is 5.32 Å². The van der Waals surface area contributed by atoms with Crippen molar-refractivity contribution >= 4 is 5.91 Å². The minimum absolute atomic E-state index is 0.0949. The number of hydrogen-bond donors (Lipinski definition) is 1. The minimum Gasteiger partial charge on any atom is -0.375 e. The molecule has 1 aliphatic rings. The van der Waals surface area contributed by atoms with Crippen LogP contribution in [0.2, 0.25) is 0 Å². The van der Waals surface area contributed by atoms with Crippen LogP contribution in [0, 0.1) is 11.8 Å². The summed E-state index contributed by atoms with van der Waals surface area (Å²) in [5.41, 5.74) is 1.21. The average Bonchev–Trinajstić information content (AvgIpc) is 2.60. The Morgan fingerprint density at radius 3 is 2.38 bits per heavy atom. The lowest BCUT2D eigenvalue weighted by Gasteiger charge is -2.34. The number of ether oxygens (including phenoxy) is 1. The Kier molecular flexibility index (Phi) is 7.25. The van der Waals surface area contributed by atoms with Gasteiger partial charge in [-0.25, -0.2) is 0 Å². The summed E-state index contributed by atoms with van der Waals surface area (Å²) in [6.45, 7) is 9.17. The molecule has 1 saturated heterocycles. The first-order valence-corrected chi connectivity index (χ1v) is 9.11. The molecule has 0 aromatic heterocycles. The van der Waals surface area contributed by atoms with E-state index < -0.39 is 0 Å². The third-order valence-electron chi connectivity index (χ3n) is 5.21. The second-order valence-corrected chi connectivity index (χ2v) is 7.25. The predicted octanol–water partition coefficient (Wildman–Crippen LogP) is 3.25. The average molecular weight is 332 g/mol. The molecule has 4 nitrogen and oxygen atoms in total. The molecule has 0 aliphatic carbocycles. The summed E-state index contributed by atoms with van der Waals surface area (Å²) in [4.78, 5) is 14.8. The standard InChI is InChI=1S/C20H32N2O2/c1-15(2)16(3)21-20(23)18-10-12-22(13-11-18)14-19(24-4)17-8-6-5-7-9-17/h5-9,15-16,18-19H,10-14H2,1-4H3,(H,21,23)/t16-,19+/m0/s1. The van der Waals surface area contributed by atoms with E-state index in [1.165, 1.54) is 5.56 Å². The summed E-state index contributed by atoms with van der Waals surface area (Å²) >= 11 is 0. The van der Waals surface area contributed by atoms with E-state index >= 15 is 0 Å². The van der Waals surface area contributed by atoms with E-state index in [0.717, 1.165) is 32.5 Å². The van der Waals surface area contributed by atoms with E-state index in [1.807, 2.05) is 18.2 Å². The highest BCUT2D eigenvalue weighted by atomic mass is 16.5. The number of nitrogens with one attached hydrogen (secondary N) is 1. The Labute approximate surface area is 146 Å². The van der Waals surface area contributed by atoms with Gasteiger partial charge in [0.1, 0.15) is 0 Å². The Balaban J connectivity index is 1.81. The molecule has 0 radical (unpaired) electrons. The molecule has 1 aromatic carbocycles. The minimum atomic E-state index is 0.0949. The van der Waals surface area contributed by atoms with E-state index in [4.69, 9.17) is 4.74 Å². The fourth-order valence-electron chi connectivity index (χ4n) is 3.10. The lowest BCUT2D eigenvalue weighted by molar-refractivity contribution is -0.127. The molecule has 2 rings (SSSR count). The number of nitrogens with zero attached hydrogens (tertiary/aromatic N) is 1. The van der Waals surface area contributed by atoms with Gasteiger partial charge in [0.25, 0.3) is 0 Å². The molecule has 1 fully saturated rings. The van der Waals surface area contributed by atoms with Crippen molar-refractivity contribution in [3.8, 4) is 0 Å². The van der Waals surface area contributed by atoms with Crippen molar-refractivity contribution in [3.05, 3.63) is 35.9 Å². The molecule has 0 unspecified atom stereocenters. The largest absolute Gasteiger partial charge is 0.375 e. The van der Waals surface area contributed by atoms with E-state index in [2.05, 4.69) is 43.1 Å². The van der Waals surface area contributed by atoms with Crippen LogP contribution in [0.3, 0.4) is 0 Å². The van der Waals surface area contributed by atoms with E-state index in [-0.39, 0.29) is 24.0 Å². The fourth-order valence-corrected chi connectivity index (χ4v) is 3.10. The van der Waals surface area contributed by atoms with Crippen molar-refractivity contribution in [2.45, 2.75) is 45.8 Å². The number of carbonyl (C=O) groups excluding carboxylic acids is 1. The summed E-state index contributed by atoms with van der Waals surface area (Å²) in [5.74, 6) is 0.852. The first-order valence-electron chi connectivity index (χ1n) is 9.11. The first kappa shape index (κ1) is 18.9. The summed E-state index contributed by atoms with van der Waals surface area (Å²) < 4.78 is 5.67. The third kappa shape index (κ3) is 5.32. The van der Waals surface area contributed by atoms with Gasteiger partial charge < -0.3 is 15.0 Å². The predicted molar refractivity (Wildman–Crippen MR) is 97.8 cm³/mol. The van der Waals surface area contributed by atoms with Crippen LogP contribution in [0.5, 0.6) is 0 Å². The van der Waals surface area contributed by atoms with Crippen LogP contribution in [0.15, 0.2) is 30.3 Å². The molecule has 0 saturated carbocycles. The quantitative estimate of drug-likeness (QED) is 0.833. The van der Waals surface area contributed by atoms with Gasteiger partial charge in [0.2, 0.25) is 5.91 Å². The van der Waals surface area contributed by atoms with Crippen molar-refractivity contribution < 1.29 is 9.53 Å². The molecule has 0 bridgehead atoms. The monoisotopic (exact) mass is 332 g/mol. The van der Waals surface area contributed by atoms with Crippen LogP contribution in [-0.2, 0) is 9.53 Å². The van der Waals surface area contributed by atoms with Crippen LogP contribution in [0.1, 0.15) is 45.3 Å². The maximum atomic E-state index is 12.4. The SMILES string of the molecule is CO[C@H](CN1CCC(C(=O)N[C@@H](C)C(C)C)CC1)c1ccccc1. The number of rotatable bonds is 7. The lowest BCUT2D eigenvalue weighted by atomic mass is 9.94. The Morgan fingerprint density at radius 1 is 1.21 bits per heavy atom. The fraction of sp³-hybridized carbons (Fsp3) is 0.650. The van der Waals surface area contributed by atoms with Crippen LogP contribution in [0.25, 0.3) is 0 Å². The first-order chi connectivity index (χ1) is 11.5. The number of piperidine rings is 1. The Bertz CT molecular complexity index is 496. The molecule has 24 heavy (non-hydrogen) atoms. The highest BCUT2D eigenvalue weighted by molar-refractivity contribution is 5.79. The third-order valence-corrected chi connectivity index (χ3v) is 5.21. The van der Waals surface area contributed by atoms with E-state index in [9.17, 15) is 4.79 Å².